The lowest BCUT2D eigenvalue weighted by Crippen LogP contribution is -2.59. The number of likely N-dealkylation sites (tertiary alicyclic amines) is 1. The van der Waals surface area contributed by atoms with Crippen molar-refractivity contribution < 1.29 is 33.5 Å². The number of amides is 3. The summed E-state index contributed by atoms with van der Waals surface area (Å²) in [5, 5.41) is 10.3. The number of benzene rings is 1. The molecule has 1 saturated carbocycles. The summed E-state index contributed by atoms with van der Waals surface area (Å²) in [7, 11) is 1.64. The second kappa shape index (κ2) is 16.5. The van der Waals surface area contributed by atoms with Crippen LogP contribution in [0.25, 0.3) is 0 Å². The summed E-state index contributed by atoms with van der Waals surface area (Å²) < 4.78 is 5.55. The molecule has 0 aromatic heterocycles. The van der Waals surface area contributed by atoms with Crippen LogP contribution in [0.3, 0.4) is 0 Å². The number of methoxy groups -OCH3 is 1. The largest absolute Gasteiger partial charge is 0.496 e. The maximum atomic E-state index is 14.6. The molecule has 4 rings (SSSR count). The first kappa shape index (κ1) is 39.0. The summed E-state index contributed by atoms with van der Waals surface area (Å²) in [6, 6.07) is 1.06. The van der Waals surface area contributed by atoms with Crippen LogP contribution in [0, 0.1) is 25.2 Å². The Balaban J connectivity index is 1.63. The zero-order chi connectivity index (χ0) is 36.8. The van der Waals surface area contributed by atoms with Crippen molar-refractivity contribution in [1.29, 1.82) is 0 Å². The monoisotopic (exact) mass is 694 g/mol. The third-order valence-electron chi connectivity index (χ3n) is 10.5. The first-order valence-corrected chi connectivity index (χ1v) is 18.5. The Morgan fingerprint density at radius 2 is 1.66 bits per heavy atom. The smallest absolute Gasteiger partial charge is 0.246 e. The van der Waals surface area contributed by atoms with Gasteiger partial charge in [0.05, 0.1) is 25.4 Å². The van der Waals surface area contributed by atoms with Crippen LogP contribution in [0.1, 0.15) is 128 Å². The molecular weight excluding hydrogens is 636 g/mol. The molecule has 1 saturated heterocycles. The topological polar surface area (TPSA) is 143 Å². The van der Waals surface area contributed by atoms with Gasteiger partial charge in [-0.3, -0.25) is 24.0 Å². The lowest BCUT2D eigenvalue weighted by atomic mass is 9.85. The van der Waals surface area contributed by atoms with Gasteiger partial charge in [0, 0.05) is 31.2 Å². The fourth-order valence-electron chi connectivity index (χ4n) is 7.78. The molecule has 3 aliphatic rings. The number of ether oxygens (including phenoxy) is 1. The van der Waals surface area contributed by atoms with Crippen LogP contribution in [-0.2, 0) is 28.8 Å². The minimum atomic E-state index is -1.01. The minimum Gasteiger partial charge on any atom is -0.496 e. The van der Waals surface area contributed by atoms with Crippen molar-refractivity contribution in [1.82, 2.24) is 15.5 Å². The van der Waals surface area contributed by atoms with Crippen molar-refractivity contribution in [3.05, 3.63) is 28.8 Å². The molecule has 3 amide bonds. The zero-order valence-electron chi connectivity index (χ0n) is 31.4. The molecule has 1 aromatic carbocycles. The van der Waals surface area contributed by atoms with Crippen LogP contribution in [0.4, 0.5) is 0 Å². The van der Waals surface area contributed by atoms with Crippen molar-refractivity contribution in [2.24, 2.45) is 16.5 Å². The highest BCUT2D eigenvalue weighted by atomic mass is 16.7. The maximum Gasteiger partial charge on any atom is 0.246 e. The van der Waals surface area contributed by atoms with Gasteiger partial charge in [0.15, 0.2) is 11.4 Å². The third kappa shape index (κ3) is 9.12. The number of rotatable bonds is 13. The van der Waals surface area contributed by atoms with Gasteiger partial charge in [-0.15, -0.1) is 0 Å². The molecular formula is C39H58N4O7. The predicted molar refractivity (Wildman–Crippen MR) is 192 cm³/mol. The average molecular weight is 695 g/mol. The van der Waals surface area contributed by atoms with E-state index < -0.39 is 46.6 Å². The lowest BCUT2D eigenvalue weighted by Gasteiger charge is -2.36. The molecule has 2 fully saturated rings. The molecule has 2 heterocycles. The molecule has 11 nitrogen and oxygen atoms in total. The minimum absolute atomic E-state index is 0.0398. The van der Waals surface area contributed by atoms with Crippen molar-refractivity contribution >= 4 is 35.0 Å². The van der Waals surface area contributed by atoms with Gasteiger partial charge >= 0.3 is 0 Å². The first-order valence-electron chi connectivity index (χ1n) is 18.5. The van der Waals surface area contributed by atoms with E-state index in [9.17, 15) is 24.0 Å². The SMILES string of the molecule is CCC[C@H](NC(=O)[C@@H]1C[C@]2(CC(c3cc(C)c(OC)c(C)c3)=NO2)CN1C(=O)[C@@H](NC(=O)CC1CCCCCC1)C(C)(C)C)C(=O)C(=O)CC. The molecule has 50 heavy (non-hydrogen) atoms. The Kier molecular flexibility index (Phi) is 12.9. The van der Waals surface area contributed by atoms with E-state index in [-0.39, 0.29) is 37.1 Å². The zero-order valence-corrected chi connectivity index (χ0v) is 31.4. The third-order valence-corrected chi connectivity index (χ3v) is 10.5. The van der Waals surface area contributed by atoms with Crippen LogP contribution in [-0.4, -0.2) is 77.3 Å². The van der Waals surface area contributed by atoms with Crippen LogP contribution in [0.2, 0.25) is 0 Å². The van der Waals surface area contributed by atoms with E-state index in [2.05, 4.69) is 15.8 Å². The van der Waals surface area contributed by atoms with Crippen molar-refractivity contribution in [2.75, 3.05) is 13.7 Å². The van der Waals surface area contributed by atoms with Gasteiger partial charge in [-0.2, -0.15) is 0 Å². The van der Waals surface area contributed by atoms with E-state index in [4.69, 9.17) is 9.57 Å². The lowest BCUT2D eigenvalue weighted by molar-refractivity contribution is -0.145. The normalized spacial score (nSPS) is 22.3. The fourth-order valence-corrected chi connectivity index (χ4v) is 7.78. The van der Waals surface area contributed by atoms with Crippen LogP contribution in [0.15, 0.2) is 17.3 Å². The molecule has 0 bridgehead atoms. The van der Waals surface area contributed by atoms with Crippen molar-refractivity contribution in [2.45, 2.75) is 149 Å². The number of aryl methyl sites for hydroxylation is 2. The average Bonchev–Trinajstić information content (AvgIpc) is 3.56. The molecule has 0 radical (unpaired) electrons. The molecule has 276 valence electrons. The number of carbonyl (C=O) groups excluding carboxylic acids is 5. The number of Topliss-reactive ketones (excluding diaryl/α,β-unsaturated/α-hetero) is 2. The van der Waals surface area contributed by atoms with Gasteiger partial charge < -0.3 is 25.1 Å². The highest BCUT2D eigenvalue weighted by Gasteiger charge is 2.55. The Morgan fingerprint density at radius 3 is 2.22 bits per heavy atom. The van der Waals surface area contributed by atoms with Gasteiger partial charge in [-0.1, -0.05) is 71.9 Å². The van der Waals surface area contributed by atoms with E-state index in [0.717, 1.165) is 48.1 Å². The summed E-state index contributed by atoms with van der Waals surface area (Å²) in [6.07, 6.45) is 8.35. The highest BCUT2D eigenvalue weighted by molar-refractivity contribution is 6.39. The molecule has 1 aromatic rings. The molecule has 1 aliphatic carbocycles. The summed E-state index contributed by atoms with van der Waals surface area (Å²) in [5.41, 5.74) is 1.81. The van der Waals surface area contributed by atoms with E-state index in [0.29, 0.717) is 31.4 Å². The standard InChI is InChI=1S/C39H58N4O7/c1-9-15-28(33(46)31(44)10-2)40-36(47)30-22-39(21-29(42-50-39)27-18-24(3)34(49-8)25(4)19-27)23-43(30)37(48)35(38(5,6)7)41-32(45)20-26-16-13-11-12-14-17-26/h18-19,26,28,30,35H,9-17,20-23H2,1-8H3,(H,40,47)(H,41,45)/t28-,30-,35+,39+/m0/s1. The van der Waals surface area contributed by atoms with Gasteiger partial charge in [-0.05, 0) is 67.7 Å². The van der Waals surface area contributed by atoms with Crippen molar-refractivity contribution in [3.8, 4) is 5.75 Å². The molecule has 2 N–H and O–H groups in total. The summed E-state index contributed by atoms with van der Waals surface area (Å²) in [6.45, 7) is 13.2. The number of nitrogens with zero attached hydrogens (tertiary/aromatic N) is 2. The van der Waals surface area contributed by atoms with Crippen LogP contribution < -0.4 is 15.4 Å². The van der Waals surface area contributed by atoms with Gasteiger partial charge in [0.1, 0.15) is 17.8 Å². The fraction of sp³-hybridized carbons (Fsp3) is 0.692. The van der Waals surface area contributed by atoms with Crippen molar-refractivity contribution in [3.63, 3.8) is 0 Å². The number of carbonyl (C=O) groups is 5. The molecule has 2 aliphatic heterocycles. The Bertz CT molecular complexity index is 1450. The van der Waals surface area contributed by atoms with E-state index >= 15 is 0 Å². The summed E-state index contributed by atoms with van der Waals surface area (Å²) in [4.78, 5) is 75.3. The number of nitrogens with one attached hydrogen (secondary N) is 2. The number of oxime groups is 1. The number of ketones is 2. The second-order valence-electron chi connectivity index (χ2n) is 15.7. The van der Waals surface area contributed by atoms with E-state index in [1.807, 2.05) is 53.7 Å². The predicted octanol–water partition coefficient (Wildman–Crippen LogP) is 5.50. The Morgan fingerprint density at radius 1 is 1.02 bits per heavy atom. The molecule has 1 spiro atoms. The maximum absolute atomic E-state index is 14.6. The Hall–Kier alpha value is -3.76. The highest BCUT2D eigenvalue weighted by Crippen LogP contribution is 2.41. The number of hydrogen-bond donors (Lipinski definition) is 2. The van der Waals surface area contributed by atoms with Gasteiger partial charge in [0.25, 0.3) is 0 Å². The first-order chi connectivity index (χ1) is 23.6. The number of hydrogen-bond acceptors (Lipinski definition) is 8. The summed E-state index contributed by atoms with van der Waals surface area (Å²) in [5.74, 6) is -1.19. The Labute approximate surface area is 297 Å². The molecule has 4 atom stereocenters. The van der Waals surface area contributed by atoms with E-state index in [1.165, 1.54) is 17.7 Å². The van der Waals surface area contributed by atoms with Gasteiger partial charge in [0.2, 0.25) is 23.5 Å². The van der Waals surface area contributed by atoms with Crippen LogP contribution >= 0.6 is 0 Å². The molecule has 11 heteroatoms. The van der Waals surface area contributed by atoms with E-state index in [1.54, 1.807) is 14.0 Å². The second-order valence-corrected chi connectivity index (χ2v) is 15.7. The molecule has 0 unspecified atom stereocenters. The van der Waals surface area contributed by atoms with Crippen LogP contribution in [0.5, 0.6) is 5.75 Å². The summed E-state index contributed by atoms with van der Waals surface area (Å²) >= 11 is 0. The quantitative estimate of drug-likeness (QED) is 0.205. The van der Waals surface area contributed by atoms with Gasteiger partial charge in [-0.25, -0.2) is 0 Å².